The van der Waals surface area contributed by atoms with E-state index in [-0.39, 0.29) is 24.1 Å². The zero-order valence-electron chi connectivity index (χ0n) is 11.7. The fraction of sp³-hybridized carbons (Fsp3) is 0.917. The summed E-state index contributed by atoms with van der Waals surface area (Å²) in [6.07, 6.45) is 4.93. The van der Waals surface area contributed by atoms with Crippen LogP contribution in [0.2, 0.25) is 0 Å². The quantitative estimate of drug-likeness (QED) is 0.783. The Hall–Kier alpha value is -0.330. The van der Waals surface area contributed by atoms with Crippen molar-refractivity contribution in [1.29, 1.82) is 0 Å². The summed E-state index contributed by atoms with van der Waals surface area (Å²) >= 11 is 0. The van der Waals surface area contributed by atoms with Crippen molar-refractivity contribution in [3.05, 3.63) is 0 Å². The number of nitrogens with zero attached hydrogens (tertiary/aromatic N) is 1. The second-order valence-corrected chi connectivity index (χ2v) is 7.44. The first kappa shape index (κ1) is 18.7. The predicted molar refractivity (Wildman–Crippen MR) is 79.4 cm³/mol. The van der Waals surface area contributed by atoms with Gasteiger partial charge in [0.25, 0.3) is 0 Å². The van der Waals surface area contributed by atoms with Gasteiger partial charge >= 0.3 is 0 Å². The highest BCUT2D eigenvalue weighted by Gasteiger charge is 2.16. The molecule has 1 saturated heterocycles. The Bertz CT molecular complexity index is 367. The van der Waals surface area contributed by atoms with E-state index in [4.69, 9.17) is 0 Å². The highest BCUT2D eigenvalue weighted by atomic mass is 35.5. The van der Waals surface area contributed by atoms with Gasteiger partial charge in [-0.3, -0.25) is 4.79 Å². The molecule has 1 heterocycles. The molecule has 7 heteroatoms. The lowest BCUT2D eigenvalue weighted by molar-refractivity contribution is -0.130. The Labute approximate surface area is 122 Å². The van der Waals surface area contributed by atoms with Crippen LogP contribution in [0.3, 0.4) is 0 Å². The maximum Gasteiger partial charge on any atom is 0.222 e. The number of sulfone groups is 1. The molecule has 0 aliphatic carbocycles. The van der Waals surface area contributed by atoms with E-state index in [0.29, 0.717) is 18.9 Å². The molecule has 0 aromatic rings. The van der Waals surface area contributed by atoms with Crippen LogP contribution >= 0.6 is 12.4 Å². The number of hydrogen-bond donors (Lipinski definition) is 1. The number of amides is 1. The molecule has 1 N–H and O–H groups in total. The van der Waals surface area contributed by atoms with Crippen molar-refractivity contribution in [3.8, 4) is 0 Å². The van der Waals surface area contributed by atoms with E-state index in [1.165, 1.54) is 11.2 Å². The summed E-state index contributed by atoms with van der Waals surface area (Å²) in [7, 11) is -1.31. The molecule has 0 saturated carbocycles. The average Bonchev–Trinajstić information content (AvgIpc) is 2.33. The van der Waals surface area contributed by atoms with Crippen molar-refractivity contribution in [2.24, 2.45) is 5.92 Å². The molecular weight excluding hydrogens is 288 g/mol. The van der Waals surface area contributed by atoms with Crippen molar-refractivity contribution in [2.75, 3.05) is 38.7 Å². The Morgan fingerprint density at radius 2 is 1.89 bits per heavy atom. The molecular formula is C12H25ClN2O3S. The highest BCUT2D eigenvalue weighted by molar-refractivity contribution is 7.90. The van der Waals surface area contributed by atoms with Crippen LogP contribution in [0.4, 0.5) is 0 Å². The molecule has 114 valence electrons. The number of rotatable bonds is 6. The van der Waals surface area contributed by atoms with Crippen LogP contribution in [0.5, 0.6) is 0 Å². The Balaban J connectivity index is 0.00000324. The second kappa shape index (κ2) is 8.76. The van der Waals surface area contributed by atoms with Gasteiger partial charge in [0.2, 0.25) is 5.91 Å². The first-order valence-electron chi connectivity index (χ1n) is 6.51. The number of carbonyl (C=O) groups is 1. The topological polar surface area (TPSA) is 66.5 Å². The smallest absolute Gasteiger partial charge is 0.222 e. The minimum atomic E-state index is -2.99. The van der Waals surface area contributed by atoms with Gasteiger partial charge in [0, 0.05) is 26.3 Å². The van der Waals surface area contributed by atoms with Crippen LogP contribution in [0.15, 0.2) is 0 Å². The molecule has 1 aliphatic rings. The molecule has 1 fully saturated rings. The van der Waals surface area contributed by atoms with Gasteiger partial charge in [-0.15, -0.1) is 12.4 Å². The normalized spacial score (nSPS) is 16.7. The summed E-state index contributed by atoms with van der Waals surface area (Å²) in [5, 5.41) is 3.30. The van der Waals surface area contributed by atoms with Crippen LogP contribution in [-0.4, -0.2) is 57.9 Å². The summed E-state index contributed by atoms with van der Waals surface area (Å²) in [6.45, 7) is 2.38. The van der Waals surface area contributed by atoms with Gasteiger partial charge < -0.3 is 10.2 Å². The zero-order chi connectivity index (χ0) is 13.6. The Morgan fingerprint density at radius 1 is 1.32 bits per heavy atom. The molecule has 0 aromatic carbocycles. The van der Waals surface area contributed by atoms with Crippen molar-refractivity contribution >= 4 is 28.2 Å². The van der Waals surface area contributed by atoms with Crippen molar-refractivity contribution < 1.29 is 13.2 Å². The van der Waals surface area contributed by atoms with Crippen LogP contribution < -0.4 is 5.32 Å². The largest absolute Gasteiger partial charge is 0.345 e. The van der Waals surface area contributed by atoms with E-state index in [1.54, 1.807) is 7.05 Å². The summed E-state index contributed by atoms with van der Waals surface area (Å²) in [6, 6.07) is 0. The Morgan fingerprint density at radius 3 is 2.42 bits per heavy atom. The maximum atomic E-state index is 11.8. The predicted octanol–water partition coefficient (Wildman–Crippen LogP) is 0.691. The summed E-state index contributed by atoms with van der Waals surface area (Å²) in [5.41, 5.74) is 0. The number of hydrogen-bond acceptors (Lipinski definition) is 4. The number of carbonyl (C=O) groups excluding carboxylic acids is 1. The van der Waals surface area contributed by atoms with Crippen LogP contribution in [0.25, 0.3) is 0 Å². The fourth-order valence-electron chi connectivity index (χ4n) is 2.12. The molecule has 0 atom stereocenters. The van der Waals surface area contributed by atoms with Gasteiger partial charge in [0.05, 0.1) is 5.75 Å². The minimum Gasteiger partial charge on any atom is -0.345 e. The highest BCUT2D eigenvalue weighted by Crippen LogP contribution is 2.18. The van der Waals surface area contributed by atoms with E-state index in [9.17, 15) is 13.2 Å². The monoisotopic (exact) mass is 312 g/mol. The lowest BCUT2D eigenvalue weighted by Gasteiger charge is -2.23. The molecule has 0 radical (unpaired) electrons. The van der Waals surface area contributed by atoms with Crippen LogP contribution in [0, 0.1) is 5.92 Å². The number of halogens is 1. The zero-order valence-corrected chi connectivity index (χ0v) is 13.4. The van der Waals surface area contributed by atoms with E-state index < -0.39 is 9.84 Å². The standard InChI is InChI=1S/C12H24N2O3S.ClH/c1-14(9-10-18(2,16)17)12(15)4-3-11-5-7-13-8-6-11;/h11,13H,3-10H2,1-2H3;1H. The Kier molecular flexibility index (Phi) is 8.61. The van der Waals surface area contributed by atoms with Gasteiger partial charge in [-0.25, -0.2) is 8.42 Å². The summed E-state index contributed by atoms with van der Waals surface area (Å²) < 4.78 is 22.0. The molecule has 1 aliphatic heterocycles. The summed E-state index contributed by atoms with van der Waals surface area (Å²) in [4.78, 5) is 13.3. The van der Waals surface area contributed by atoms with E-state index in [2.05, 4.69) is 5.32 Å². The van der Waals surface area contributed by atoms with Gasteiger partial charge in [0.1, 0.15) is 9.84 Å². The third-order valence-corrected chi connectivity index (χ3v) is 4.37. The van der Waals surface area contributed by atoms with Gasteiger partial charge in [0.15, 0.2) is 0 Å². The van der Waals surface area contributed by atoms with Gasteiger partial charge in [-0.1, -0.05) is 0 Å². The molecule has 1 amide bonds. The van der Waals surface area contributed by atoms with Crippen LogP contribution in [0.1, 0.15) is 25.7 Å². The van der Waals surface area contributed by atoms with E-state index in [1.807, 2.05) is 0 Å². The SMILES string of the molecule is CN(CCS(C)(=O)=O)C(=O)CCC1CCNCC1.Cl. The number of piperidine rings is 1. The molecule has 5 nitrogen and oxygen atoms in total. The van der Waals surface area contributed by atoms with Crippen molar-refractivity contribution in [3.63, 3.8) is 0 Å². The molecule has 0 spiro atoms. The molecule has 1 rings (SSSR count). The first-order chi connectivity index (χ1) is 8.38. The number of nitrogens with one attached hydrogen (secondary N) is 1. The lowest BCUT2D eigenvalue weighted by Crippen LogP contribution is -2.32. The molecule has 0 aromatic heterocycles. The van der Waals surface area contributed by atoms with Crippen LogP contribution in [-0.2, 0) is 14.6 Å². The van der Waals surface area contributed by atoms with Gasteiger partial charge in [-0.2, -0.15) is 0 Å². The average molecular weight is 313 g/mol. The lowest BCUT2D eigenvalue weighted by atomic mass is 9.93. The summed E-state index contributed by atoms with van der Waals surface area (Å²) in [5.74, 6) is 0.735. The third-order valence-electron chi connectivity index (χ3n) is 3.45. The van der Waals surface area contributed by atoms with Crippen molar-refractivity contribution in [2.45, 2.75) is 25.7 Å². The third kappa shape index (κ3) is 8.44. The molecule has 19 heavy (non-hydrogen) atoms. The fourth-order valence-corrected chi connectivity index (χ4v) is 2.72. The second-order valence-electron chi connectivity index (χ2n) is 5.18. The first-order valence-corrected chi connectivity index (χ1v) is 8.57. The molecule has 0 bridgehead atoms. The van der Waals surface area contributed by atoms with E-state index >= 15 is 0 Å². The van der Waals surface area contributed by atoms with E-state index in [0.717, 1.165) is 32.4 Å². The molecule has 0 unspecified atom stereocenters. The minimum absolute atomic E-state index is 0. The van der Waals surface area contributed by atoms with Crippen molar-refractivity contribution in [1.82, 2.24) is 10.2 Å². The van der Waals surface area contributed by atoms with Gasteiger partial charge in [-0.05, 0) is 38.3 Å². The maximum absolute atomic E-state index is 11.8.